The van der Waals surface area contributed by atoms with Crippen molar-refractivity contribution in [3.63, 3.8) is 0 Å². The first-order chi connectivity index (χ1) is 9.43. The van der Waals surface area contributed by atoms with Crippen molar-refractivity contribution in [2.24, 2.45) is 0 Å². The van der Waals surface area contributed by atoms with E-state index in [1.54, 1.807) is 0 Å². The number of nitro benzene ring substituents is 1. The van der Waals surface area contributed by atoms with Crippen molar-refractivity contribution >= 4 is 23.6 Å². The number of nitrogens with one attached hydrogen (secondary N) is 1. The third-order valence-electron chi connectivity index (χ3n) is 2.42. The van der Waals surface area contributed by atoms with Gasteiger partial charge in [-0.2, -0.15) is 0 Å². The molecular formula is C13H14N2O5. The summed E-state index contributed by atoms with van der Waals surface area (Å²) in [5, 5.41) is 13.0. The van der Waals surface area contributed by atoms with Crippen molar-refractivity contribution in [1.82, 2.24) is 5.32 Å². The Balaban J connectivity index is 2.96. The van der Waals surface area contributed by atoms with Crippen molar-refractivity contribution < 1.29 is 19.2 Å². The number of amides is 1. The van der Waals surface area contributed by atoms with Gasteiger partial charge in [-0.05, 0) is 23.8 Å². The largest absolute Gasteiger partial charge is 0.466 e. The SMILES string of the molecule is COC(=O)/C(=C/c1ccc([N+](=O)[O-])cc1)CNC(C)=O. The van der Waals surface area contributed by atoms with Gasteiger partial charge in [0.25, 0.3) is 5.69 Å². The Morgan fingerprint density at radius 3 is 2.40 bits per heavy atom. The highest BCUT2D eigenvalue weighted by molar-refractivity contribution is 5.94. The Labute approximate surface area is 115 Å². The minimum atomic E-state index is -0.572. The molecule has 1 rings (SSSR count). The Morgan fingerprint density at radius 1 is 1.35 bits per heavy atom. The fourth-order valence-corrected chi connectivity index (χ4v) is 1.43. The van der Waals surface area contributed by atoms with Gasteiger partial charge in [-0.25, -0.2) is 4.79 Å². The standard InChI is InChI=1S/C13H14N2O5/c1-9(16)14-8-11(13(17)20-2)7-10-3-5-12(6-4-10)15(18)19/h3-7H,8H2,1-2H3,(H,14,16)/b11-7+. The van der Waals surface area contributed by atoms with Crippen molar-refractivity contribution in [3.8, 4) is 0 Å². The molecule has 7 nitrogen and oxygen atoms in total. The molecule has 0 saturated heterocycles. The average Bonchev–Trinajstić information content (AvgIpc) is 2.42. The third-order valence-corrected chi connectivity index (χ3v) is 2.42. The maximum absolute atomic E-state index is 11.6. The number of non-ortho nitro benzene ring substituents is 1. The highest BCUT2D eigenvalue weighted by atomic mass is 16.6. The highest BCUT2D eigenvalue weighted by Crippen LogP contribution is 2.14. The van der Waals surface area contributed by atoms with Gasteiger partial charge in [0.2, 0.25) is 5.91 Å². The molecule has 0 aromatic heterocycles. The summed E-state index contributed by atoms with van der Waals surface area (Å²) in [4.78, 5) is 32.4. The number of nitro groups is 1. The lowest BCUT2D eigenvalue weighted by molar-refractivity contribution is -0.384. The summed E-state index contributed by atoms with van der Waals surface area (Å²) >= 11 is 0. The molecule has 20 heavy (non-hydrogen) atoms. The lowest BCUT2D eigenvalue weighted by Crippen LogP contribution is -2.25. The second-order valence-corrected chi connectivity index (χ2v) is 3.92. The highest BCUT2D eigenvalue weighted by Gasteiger charge is 2.11. The quantitative estimate of drug-likeness (QED) is 0.378. The summed E-state index contributed by atoms with van der Waals surface area (Å²) in [6.07, 6.45) is 1.51. The van der Waals surface area contributed by atoms with Crippen LogP contribution in [0.15, 0.2) is 29.8 Å². The minimum Gasteiger partial charge on any atom is -0.466 e. The zero-order valence-electron chi connectivity index (χ0n) is 11.1. The van der Waals surface area contributed by atoms with Crippen LogP contribution in [0.5, 0.6) is 0 Å². The zero-order valence-corrected chi connectivity index (χ0v) is 11.1. The fraction of sp³-hybridized carbons (Fsp3) is 0.231. The van der Waals surface area contributed by atoms with E-state index in [0.29, 0.717) is 5.56 Å². The van der Waals surface area contributed by atoms with Crippen LogP contribution < -0.4 is 5.32 Å². The molecule has 0 radical (unpaired) electrons. The van der Waals surface area contributed by atoms with Gasteiger partial charge >= 0.3 is 5.97 Å². The summed E-state index contributed by atoms with van der Waals surface area (Å²) in [7, 11) is 1.24. The maximum atomic E-state index is 11.6. The molecule has 1 aromatic carbocycles. The van der Waals surface area contributed by atoms with Crippen LogP contribution in [-0.4, -0.2) is 30.5 Å². The van der Waals surface area contributed by atoms with Gasteiger partial charge in [-0.15, -0.1) is 0 Å². The number of carbonyl (C=O) groups excluding carboxylic acids is 2. The third kappa shape index (κ3) is 4.52. The van der Waals surface area contributed by atoms with E-state index in [-0.39, 0.29) is 23.7 Å². The maximum Gasteiger partial charge on any atom is 0.335 e. The molecule has 1 amide bonds. The Morgan fingerprint density at radius 2 is 1.95 bits per heavy atom. The smallest absolute Gasteiger partial charge is 0.335 e. The van der Waals surface area contributed by atoms with Gasteiger partial charge in [0.1, 0.15) is 0 Å². The summed E-state index contributed by atoms with van der Waals surface area (Å²) in [5.74, 6) is -0.847. The Bertz CT molecular complexity index is 548. The first-order valence-corrected chi connectivity index (χ1v) is 5.72. The lowest BCUT2D eigenvalue weighted by Gasteiger charge is -2.06. The molecule has 106 valence electrons. The molecule has 0 aliphatic rings. The summed E-state index contributed by atoms with van der Waals surface area (Å²) in [5.41, 5.74) is 0.807. The first-order valence-electron chi connectivity index (χ1n) is 5.72. The fourth-order valence-electron chi connectivity index (χ4n) is 1.43. The summed E-state index contributed by atoms with van der Waals surface area (Å²) in [6.45, 7) is 1.36. The Kier molecular flexibility index (Phi) is 5.40. The van der Waals surface area contributed by atoms with Crippen molar-refractivity contribution in [3.05, 3.63) is 45.5 Å². The molecule has 0 fully saturated rings. The van der Waals surface area contributed by atoms with Crippen LogP contribution >= 0.6 is 0 Å². The first kappa shape index (κ1) is 15.4. The number of rotatable bonds is 5. The molecule has 0 aliphatic carbocycles. The second kappa shape index (κ2) is 7.03. The topological polar surface area (TPSA) is 98.5 Å². The van der Waals surface area contributed by atoms with E-state index in [4.69, 9.17) is 0 Å². The van der Waals surface area contributed by atoms with Crippen LogP contribution in [0.2, 0.25) is 0 Å². The van der Waals surface area contributed by atoms with Crippen LogP contribution in [0, 0.1) is 10.1 Å². The van der Waals surface area contributed by atoms with E-state index in [1.807, 2.05) is 0 Å². The molecule has 0 unspecified atom stereocenters. The number of esters is 1. The molecule has 0 aliphatic heterocycles. The van der Waals surface area contributed by atoms with Crippen molar-refractivity contribution in [2.45, 2.75) is 6.92 Å². The molecule has 1 aromatic rings. The van der Waals surface area contributed by atoms with Gasteiger partial charge in [0.15, 0.2) is 0 Å². The van der Waals surface area contributed by atoms with E-state index in [2.05, 4.69) is 10.1 Å². The van der Waals surface area contributed by atoms with Crippen molar-refractivity contribution in [2.75, 3.05) is 13.7 Å². The van der Waals surface area contributed by atoms with Crippen LogP contribution in [-0.2, 0) is 14.3 Å². The number of methoxy groups -OCH3 is 1. The predicted octanol–water partition coefficient (Wildman–Crippen LogP) is 1.29. The van der Waals surface area contributed by atoms with Gasteiger partial charge in [-0.1, -0.05) is 0 Å². The molecule has 0 atom stereocenters. The summed E-state index contributed by atoms with van der Waals surface area (Å²) < 4.78 is 4.61. The van der Waals surface area contributed by atoms with E-state index in [1.165, 1.54) is 44.4 Å². The van der Waals surface area contributed by atoms with Crippen LogP contribution in [0.3, 0.4) is 0 Å². The van der Waals surface area contributed by atoms with Crippen LogP contribution in [0.1, 0.15) is 12.5 Å². The van der Waals surface area contributed by atoms with Gasteiger partial charge in [0, 0.05) is 25.6 Å². The molecule has 1 N–H and O–H groups in total. The van der Waals surface area contributed by atoms with E-state index >= 15 is 0 Å². The van der Waals surface area contributed by atoms with Gasteiger partial charge in [0.05, 0.1) is 17.6 Å². The number of carbonyl (C=O) groups is 2. The van der Waals surface area contributed by atoms with E-state index in [0.717, 1.165) is 0 Å². The van der Waals surface area contributed by atoms with Crippen molar-refractivity contribution in [1.29, 1.82) is 0 Å². The molecular weight excluding hydrogens is 264 g/mol. The normalized spacial score (nSPS) is 10.8. The molecule has 0 spiro atoms. The number of benzene rings is 1. The Hall–Kier alpha value is -2.70. The number of nitrogens with zero attached hydrogens (tertiary/aromatic N) is 1. The monoisotopic (exact) mass is 278 g/mol. The second-order valence-electron chi connectivity index (χ2n) is 3.92. The van der Waals surface area contributed by atoms with E-state index < -0.39 is 10.9 Å². The number of ether oxygens (including phenoxy) is 1. The predicted molar refractivity (Wildman–Crippen MR) is 71.8 cm³/mol. The van der Waals surface area contributed by atoms with E-state index in [9.17, 15) is 19.7 Å². The molecule has 0 bridgehead atoms. The number of hydrogen-bond acceptors (Lipinski definition) is 5. The van der Waals surface area contributed by atoms with Crippen LogP contribution in [0.4, 0.5) is 5.69 Å². The lowest BCUT2D eigenvalue weighted by atomic mass is 10.1. The average molecular weight is 278 g/mol. The van der Waals surface area contributed by atoms with Crippen LogP contribution in [0.25, 0.3) is 6.08 Å². The minimum absolute atomic E-state index is 0.0268. The number of hydrogen-bond donors (Lipinski definition) is 1. The molecule has 0 heterocycles. The van der Waals surface area contributed by atoms with Gasteiger partial charge in [-0.3, -0.25) is 14.9 Å². The van der Waals surface area contributed by atoms with Gasteiger partial charge < -0.3 is 10.1 Å². The molecule has 7 heteroatoms. The zero-order chi connectivity index (χ0) is 15.1. The molecule has 0 saturated carbocycles. The summed E-state index contributed by atoms with van der Waals surface area (Å²) in [6, 6.07) is 5.68.